The molecule has 1 aliphatic carbocycles. The predicted molar refractivity (Wildman–Crippen MR) is 87.1 cm³/mol. The van der Waals surface area contributed by atoms with Crippen LogP contribution in [-0.4, -0.2) is 60.9 Å². The maximum absolute atomic E-state index is 13.1. The van der Waals surface area contributed by atoms with E-state index in [9.17, 15) is 4.79 Å². The molecule has 24 heavy (non-hydrogen) atoms. The summed E-state index contributed by atoms with van der Waals surface area (Å²) in [5.41, 5.74) is 0.507. The van der Waals surface area contributed by atoms with E-state index in [0.29, 0.717) is 23.9 Å². The summed E-state index contributed by atoms with van der Waals surface area (Å²) >= 11 is 0. The Bertz CT molecular complexity index is 604. The van der Waals surface area contributed by atoms with Crippen molar-refractivity contribution < 1.29 is 19.0 Å². The summed E-state index contributed by atoms with van der Waals surface area (Å²) in [5, 5.41) is 0. The predicted octanol–water partition coefficient (Wildman–Crippen LogP) is 1.89. The van der Waals surface area contributed by atoms with E-state index in [1.807, 2.05) is 4.90 Å². The molecule has 0 aromatic carbocycles. The summed E-state index contributed by atoms with van der Waals surface area (Å²) < 4.78 is 17.3. The summed E-state index contributed by atoms with van der Waals surface area (Å²) in [6.07, 6.45) is 6.06. The minimum Gasteiger partial charge on any atom is -0.480 e. The molecule has 1 aromatic rings. The van der Waals surface area contributed by atoms with Crippen LogP contribution in [0, 0.1) is 5.92 Å². The van der Waals surface area contributed by atoms with Gasteiger partial charge in [-0.3, -0.25) is 4.79 Å². The van der Waals surface area contributed by atoms with Crippen molar-refractivity contribution in [2.24, 2.45) is 5.92 Å². The highest BCUT2D eigenvalue weighted by Gasteiger charge is 2.47. The average Bonchev–Trinajstić information content (AvgIpc) is 3.39. The number of aromatic nitrogens is 1. The lowest BCUT2D eigenvalue weighted by atomic mass is 10.0. The second-order valence-electron chi connectivity index (χ2n) is 6.88. The van der Waals surface area contributed by atoms with Crippen molar-refractivity contribution in [3.8, 4) is 5.88 Å². The second kappa shape index (κ2) is 6.69. The number of hydrogen-bond acceptors (Lipinski definition) is 5. The van der Waals surface area contributed by atoms with Crippen LogP contribution in [0.25, 0.3) is 0 Å². The quantitative estimate of drug-likeness (QED) is 0.824. The first kappa shape index (κ1) is 15.8. The fourth-order valence-corrected chi connectivity index (χ4v) is 3.70. The summed E-state index contributed by atoms with van der Waals surface area (Å²) in [6.45, 7) is 2.12. The first-order valence-electron chi connectivity index (χ1n) is 8.81. The first-order valence-corrected chi connectivity index (χ1v) is 8.81. The number of carbonyl (C=O) groups is 1. The van der Waals surface area contributed by atoms with Crippen molar-refractivity contribution in [3.05, 3.63) is 23.9 Å². The molecule has 3 aliphatic rings. The van der Waals surface area contributed by atoms with E-state index >= 15 is 0 Å². The smallest absolute Gasteiger partial charge is 0.259 e. The van der Waals surface area contributed by atoms with Crippen molar-refractivity contribution in [1.29, 1.82) is 0 Å². The van der Waals surface area contributed by atoms with Crippen molar-refractivity contribution in [2.45, 2.75) is 43.9 Å². The van der Waals surface area contributed by atoms with Gasteiger partial charge in [0.1, 0.15) is 17.8 Å². The third-order valence-corrected chi connectivity index (χ3v) is 5.18. The molecule has 3 atom stereocenters. The van der Waals surface area contributed by atoms with Gasteiger partial charge in [0, 0.05) is 19.4 Å². The van der Waals surface area contributed by atoms with Crippen LogP contribution in [0.5, 0.6) is 5.88 Å². The highest BCUT2D eigenvalue weighted by molar-refractivity contribution is 5.96. The second-order valence-corrected chi connectivity index (χ2v) is 6.88. The van der Waals surface area contributed by atoms with Gasteiger partial charge in [-0.25, -0.2) is 4.98 Å². The Kier molecular flexibility index (Phi) is 4.41. The Morgan fingerprint density at radius 3 is 3.08 bits per heavy atom. The van der Waals surface area contributed by atoms with E-state index < -0.39 is 0 Å². The van der Waals surface area contributed by atoms with Gasteiger partial charge in [-0.05, 0) is 43.7 Å². The van der Waals surface area contributed by atoms with Crippen LogP contribution in [0.1, 0.15) is 36.0 Å². The fourth-order valence-electron chi connectivity index (χ4n) is 3.70. The van der Waals surface area contributed by atoms with Gasteiger partial charge >= 0.3 is 0 Å². The molecule has 6 heteroatoms. The van der Waals surface area contributed by atoms with Crippen LogP contribution in [0.2, 0.25) is 0 Å². The molecule has 6 nitrogen and oxygen atoms in total. The van der Waals surface area contributed by atoms with E-state index in [1.54, 1.807) is 18.3 Å². The largest absolute Gasteiger partial charge is 0.480 e. The summed E-state index contributed by atoms with van der Waals surface area (Å²) in [4.78, 5) is 19.1. The summed E-state index contributed by atoms with van der Waals surface area (Å²) in [7, 11) is 1.54. The molecular weight excluding hydrogens is 308 g/mol. The minimum absolute atomic E-state index is 0.0101. The van der Waals surface area contributed by atoms with Crippen LogP contribution in [0.15, 0.2) is 18.3 Å². The van der Waals surface area contributed by atoms with Crippen molar-refractivity contribution in [1.82, 2.24) is 9.88 Å². The number of likely N-dealkylation sites (tertiary alicyclic amines) is 1. The Hall–Kier alpha value is -1.66. The third kappa shape index (κ3) is 3.00. The number of carbonyl (C=O) groups excluding carboxylic acids is 1. The van der Waals surface area contributed by atoms with Crippen molar-refractivity contribution in [3.63, 3.8) is 0 Å². The van der Waals surface area contributed by atoms with Crippen LogP contribution < -0.4 is 4.74 Å². The SMILES string of the molecule is COc1ncccc1C(=O)N1C[C@@H](OCC2CC2)[C@H]2OCCC[C@H]21. The monoisotopic (exact) mass is 332 g/mol. The number of nitrogens with zero attached hydrogens (tertiary/aromatic N) is 2. The summed E-state index contributed by atoms with van der Waals surface area (Å²) in [5.74, 6) is 1.03. The molecule has 2 aliphatic heterocycles. The number of rotatable bonds is 5. The molecular formula is C18H24N2O4. The lowest BCUT2D eigenvalue weighted by Crippen LogP contribution is -2.44. The highest BCUT2D eigenvalue weighted by Crippen LogP contribution is 2.35. The topological polar surface area (TPSA) is 60.9 Å². The molecule has 3 fully saturated rings. The molecule has 0 N–H and O–H groups in total. The number of methoxy groups -OCH3 is 1. The molecule has 1 saturated carbocycles. The molecule has 0 radical (unpaired) electrons. The average molecular weight is 332 g/mol. The van der Waals surface area contributed by atoms with Gasteiger partial charge in [0.15, 0.2) is 0 Å². The van der Waals surface area contributed by atoms with Crippen LogP contribution >= 0.6 is 0 Å². The lowest BCUT2D eigenvalue weighted by Gasteiger charge is -2.32. The molecule has 1 amide bonds. The molecule has 0 unspecified atom stereocenters. The number of fused-ring (bicyclic) bond motifs is 1. The van der Waals surface area contributed by atoms with Gasteiger partial charge < -0.3 is 19.1 Å². The lowest BCUT2D eigenvalue weighted by molar-refractivity contribution is -0.0781. The molecule has 0 spiro atoms. The number of hydrogen-bond donors (Lipinski definition) is 0. The highest BCUT2D eigenvalue weighted by atomic mass is 16.5. The van der Waals surface area contributed by atoms with E-state index in [-0.39, 0.29) is 24.2 Å². The van der Waals surface area contributed by atoms with Crippen LogP contribution in [0.3, 0.4) is 0 Å². The van der Waals surface area contributed by atoms with Gasteiger partial charge in [0.05, 0.1) is 19.7 Å². The summed E-state index contributed by atoms with van der Waals surface area (Å²) in [6, 6.07) is 3.62. The Balaban J connectivity index is 1.53. The Morgan fingerprint density at radius 2 is 2.29 bits per heavy atom. The molecule has 3 heterocycles. The zero-order valence-corrected chi connectivity index (χ0v) is 14.0. The Morgan fingerprint density at radius 1 is 1.42 bits per heavy atom. The van der Waals surface area contributed by atoms with Gasteiger partial charge in [0.25, 0.3) is 5.91 Å². The third-order valence-electron chi connectivity index (χ3n) is 5.18. The number of amides is 1. The van der Waals surface area contributed by atoms with E-state index in [2.05, 4.69) is 4.98 Å². The molecule has 1 aromatic heterocycles. The van der Waals surface area contributed by atoms with E-state index in [4.69, 9.17) is 14.2 Å². The van der Waals surface area contributed by atoms with Crippen molar-refractivity contribution in [2.75, 3.05) is 26.9 Å². The zero-order chi connectivity index (χ0) is 16.5. The first-order chi connectivity index (χ1) is 11.8. The zero-order valence-electron chi connectivity index (χ0n) is 14.0. The molecule has 130 valence electrons. The normalized spacial score (nSPS) is 29.4. The van der Waals surface area contributed by atoms with Gasteiger partial charge in [-0.1, -0.05) is 0 Å². The minimum atomic E-state index is -0.0435. The number of ether oxygens (including phenoxy) is 3. The van der Waals surface area contributed by atoms with Gasteiger partial charge in [-0.15, -0.1) is 0 Å². The fraction of sp³-hybridized carbons (Fsp3) is 0.667. The van der Waals surface area contributed by atoms with Crippen LogP contribution in [0.4, 0.5) is 0 Å². The standard InChI is InChI=1S/C18H24N2O4/c1-22-17-13(4-2-8-19-17)18(21)20-10-15(24-11-12-6-7-12)16-14(20)5-3-9-23-16/h2,4,8,12,14-16H,3,5-7,9-11H2,1H3/t14-,15-,16+/m1/s1. The Labute approximate surface area is 142 Å². The molecule has 4 rings (SSSR count). The van der Waals surface area contributed by atoms with Gasteiger partial charge in [0.2, 0.25) is 5.88 Å². The van der Waals surface area contributed by atoms with E-state index in [1.165, 1.54) is 20.0 Å². The van der Waals surface area contributed by atoms with Crippen LogP contribution in [-0.2, 0) is 9.47 Å². The van der Waals surface area contributed by atoms with Gasteiger partial charge in [-0.2, -0.15) is 0 Å². The maximum Gasteiger partial charge on any atom is 0.259 e. The maximum atomic E-state index is 13.1. The molecule has 2 saturated heterocycles. The van der Waals surface area contributed by atoms with E-state index in [0.717, 1.165) is 26.1 Å². The number of pyridine rings is 1. The molecule has 0 bridgehead atoms. The van der Waals surface area contributed by atoms with Crippen molar-refractivity contribution >= 4 is 5.91 Å².